The Labute approximate surface area is 166 Å². The summed E-state index contributed by atoms with van der Waals surface area (Å²) < 4.78 is 0. The molecule has 1 aliphatic carbocycles. The molecule has 1 heterocycles. The summed E-state index contributed by atoms with van der Waals surface area (Å²) in [5.74, 6) is 1.84. The third kappa shape index (κ3) is 5.90. The van der Waals surface area contributed by atoms with Crippen LogP contribution >= 0.6 is 0 Å². The molecule has 0 spiro atoms. The number of benzene rings is 1. The maximum absolute atomic E-state index is 11.4. The zero-order valence-corrected chi connectivity index (χ0v) is 16.2. The molecule has 0 amide bonds. The van der Waals surface area contributed by atoms with Crippen molar-refractivity contribution in [2.24, 2.45) is 17.6 Å². The van der Waals surface area contributed by atoms with Crippen LogP contribution in [0.1, 0.15) is 31.2 Å². The number of quaternary nitrogens is 1. The molecule has 1 saturated carbocycles. The topological polar surface area (TPSA) is 114 Å². The van der Waals surface area contributed by atoms with Crippen LogP contribution in [0, 0.1) is 22.3 Å². The molecule has 0 aliphatic heterocycles. The van der Waals surface area contributed by atoms with Gasteiger partial charge >= 0.3 is 0 Å². The molecule has 0 radical (unpaired) electrons. The van der Waals surface area contributed by atoms with E-state index in [0.717, 1.165) is 51.7 Å². The summed E-state index contributed by atoms with van der Waals surface area (Å²) in [6.45, 7) is 2.24. The Balaban J connectivity index is 1.56. The highest BCUT2D eigenvalue weighted by atomic mass is 16.8. The van der Waals surface area contributed by atoms with Crippen LogP contribution in [0.15, 0.2) is 42.6 Å². The van der Waals surface area contributed by atoms with Gasteiger partial charge in [-0.1, -0.05) is 30.3 Å². The SMILES string of the molecule is NCC1CCC(CNc2cc(NCCc3ccccc3)ncc2[NH+]([O-])[O-])CC1. The minimum Gasteiger partial charge on any atom is -0.628 e. The smallest absolute Gasteiger partial charge is 0.173 e. The van der Waals surface area contributed by atoms with E-state index < -0.39 is 5.23 Å². The predicted molar refractivity (Wildman–Crippen MR) is 113 cm³/mol. The van der Waals surface area contributed by atoms with E-state index >= 15 is 0 Å². The second-order valence-corrected chi connectivity index (χ2v) is 7.57. The highest BCUT2D eigenvalue weighted by molar-refractivity contribution is 5.65. The molecule has 7 heteroatoms. The van der Waals surface area contributed by atoms with Gasteiger partial charge in [0.15, 0.2) is 5.69 Å². The van der Waals surface area contributed by atoms with Crippen LogP contribution in [0.3, 0.4) is 0 Å². The van der Waals surface area contributed by atoms with E-state index in [4.69, 9.17) is 5.73 Å². The average Bonchev–Trinajstić information content (AvgIpc) is 2.73. The van der Waals surface area contributed by atoms with Gasteiger partial charge in [-0.3, -0.25) is 0 Å². The number of nitrogens with two attached hydrogens (primary N) is 1. The molecule has 2 aromatic rings. The van der Waals surface area contributed by atoms with Gasteiger partial charge in [0, 0.05) is 19.2 Å². The molecule has 1 aromatic carbocycles. The summed E-state index contributed by atoms with van der Waals surface area (Å²) in [5.41, 5.74) is 7.67. The Kier molecular flexibility index (Phi) is 7.62. The van der Waals surface area contributed by atoms with Crippen molar-refractivity contribution in [3.05, 3.63) is 58.6 Å². The van der Waals surface area contributed by atoms with E-state index in [1.165, 1.54) is 11.8 Å². The van der Waals surface area contributed by atoms with E-state index in [1.807, 2.05) is 18.2 Å². The van der Waals surface area contributed by atoms with Crippen LogP contribution in [0.4, 0.5) is 17.2 Å². The third-order valence-electron chi connectivity index (χ3n) is 5.57. The van der Waals surface area contributed by atoms with E-state index in [0.29, 0.717) is 23.3 Å². The predicted octanol–water partition coefficient (Wildman–Crippen LogP) is 2.43. The zero-order chi connectivity index (χ0) is 19.8. The number of hydrogen-bond donors (Lipinski definition) is 4. The largest absolute Gasteiger partial charge is 0.628 e. The van der Waals surface area contributed by atoms with Crippen molar-refractivity contribution in [3.8, 4) is 0 Å². The second-order valence-electron chi connectivity index (χ2n) is 7.57. The summed E-state index contributed by atoms with van der Waals surface area (Å²) in [6.07, 6.45) is 6.80. The van der Waals surface area contributed by atoms with E-state index in [2.05, 4.69) is 27.8 Å². The fourth-order valence-corrected chi connectivity index (χ4v) is 3.77. The van der Waals surface area contributed by atoms with Gasteiger partial charge in [0.05, 0.1) is 6.20 Å². The van der Waals surface area contributed by atoms with E-state index in [-0.39, 0.29) is 5.69 Å². The highest BCUT2D eigenvalue weighted by Crippen LogP contribution is 2.29. The molecule has 0 bridgehead atoms. The number of pyridine rings is 1. The summed E-state index contributed by atoms with van der Waals surface area (Å²) in [5, 5.41) is 28.3. The van der Waals surface area contributed by atoms with Crippen molar-refractivity contribution < 1.29 is 5.23 Å². The van der Waals surface area contributed by atoms with Gasteiger partial charge in [0.25, 0.3) is 0 Å². The van der Waals surface area contributed by atoms with Crippen LogP contribution in [0.5, 0.6) is 0 Å². The molecule has 0 unspecified atom stereocenters. The number of aromatic nitrogens is 1. The molecular weight excluding hydrogens is 354 g/mol. The second kappa shape index (κ2) is 10.4. The van der Waals surface area contributed by atoms with Crippen LogP contribution in [0.2, 0.25) is 0 Å². The van der Waals surface area contributed by atoms with Gasteiger partial charge in [0.2, 0.25) is 0 Å². The average molecular weight is 385 g/mol. The zero-order valence-electron chi connectivity index (χ0n) is 16.2. The number of nitrogens with zero attached hydrogens (tertiary/aromatic N) is 1. The van der Waals surface area contributed by atoms with Gasteiger partial charge in [-0.2, -0.15) is 0 Å². The molecule has 3 rings (SSSR count). The van der Waals surface area contributed by atoms with Crippen molar-refractivity contribution >= 4 is 17.2 Å². The summed E-state index contributed by atoms with van der Waals surface area (Å²) in [7, 11) is 0. The minimum absolute atomic E-state index is 0.101. The van der Waals surface area contributed by atoms with E-state index in [9.17, 15) is 10.4 Å². The molecule has 5 N–H and O–H groups in total. The fourth-order valence-electron chi connectivity index (χ4n) is 3.77. The quantitative estimate of drug-likeness (QED) is 0.494. The van der Waals surface area contributed by atoms with Crippen LogP contribution in [0.25, 0.3) is 0 Å². The van der Waals surface area contributed by atoms with E-state index in [1.54, 1.807) is 6.07 Å². The van der Waals surface area contributed by atoms with Crippen molar-refractivity contribution in [2.45, 2.75) is 32.1 Å². The fraction of sp³-hybridized carbons (Fsp3) is 0.476. The first-order chi connectivity index (χ1) is 13.7. The van der Waals surface area contributed by atoms with Crippen molar-refractivity contribution in [1.29, 1.82) is 0 Å². The number of nitrogens with one attached hydrogen (secondary N) is 3. The Morgan fingerprint density at radius 2 is 1.75 bits per heavy atom. The van der Waals surface area contributed by atoms with Gasteiger partial charge in [-0.25, -0.2) is 4.98 Å². The Morgan fingerprint density at radius 3 is 2.43 bits per heavy atom. The molecule has 0 saturated heterocycles. The third-order valence-corrected chi connectivity index (χ3v) is 5.57. The lowest BCUT2D eigenvalue weighted by molar-refractivity contribution is -0.714. The summed E-state index contributed by atoms with van der Waals surface area (Å²) in [6, 6.07) is 12.0. The number of hydrogen-bond acceptors (Lipinski definition) is 6. The van der Waals surface area contributed by atoms with Gasteiger partial charge < -0.3 is 32.0 Å². The first kappa shape index (κ1) is 20.5. The minimum atomic E-state index is -1.21. The van der Waals surface area contributed by atoms with Crippen molar-refractivity contribution in [2.75, 3.05) is 30.3 Å². The van der Waals surface area contributed by atoms with Gasteiger partial charge in [-0.05, 0) is 56.0 Å². The lowest BCUT2D eigenvalue weighted by atomic mass is 9.82. The molecule has 7 nitrogen and oxygen atoms in total. The normalized spacial score (nSPS) is 19.6. The summed E-state index contributed by atoms with van der Waals surface area (Å²) in [4.78, 5) is 4.22. The van der Waals surface area contributed by atoms with Crippen molar-refractivity contribution in [3.63, 3.8) is 0 Å². The van der Waals surface area contributed by atoms with Crippen LogP contribution < -0.4 is 21.6 Å². The standard InChI is InChI=1S/C21H30N5O2/c22-13-17-6-8-18(9-7-17)14-24-19-12-21(25-15-20(19)26(27)28)23-11-10-16-4-2-1-3-5-16/h1-5,12,15,17-18,26H,6-11,13-14,22H2,(H2,23,24,25)/q-1. The monoisotopic (exact) mass is 384 g/mol. The lowest BCUT2D eigenvalue weighted by Gasteiger charge is -2.30. The van der Waals surface area contributed by atoms with Crippen LogP contribution in [-0.2, 0) is 6.42 Å². The Morgan fingerprint density at radius 1 is 1.04 bits per heavy atom. The highest BCUT2D eigenvalue weighted by Gasteiger charge is 2.20. The maximum Gasteiger partial charge on any atom is 0.173 e. The summed E-state index contributed by atoms with van der Waals surface area (Å²) >= 11 is 0. The Hall–Kier alpha value is -2.19. The molecule has 1 aliphatic rings. The lowest BCUT2D eigenvalue weighted by Crippen LogP contribution is -2.96. The molecule has 1 aromatic heterocycles. The van der Waals surface area contributed by atoms with Gasteiger partial charge in [0.1, 0.15) is 11.5 Å². The molecular formula is C21H30N5O2-. The first-order valence-corrected chi connectivity index (χ1v) is 10.1. The van der Waals surface area contributed by atoms with Crippen LogP contribution in [-0.4, -0.2) is 24.6 Å². The number of anilines is 2. The maximum atomic E-state index is 11.4. The molecule has 0 atom stereocenters. The molecule has 1 fully saturated rings. The first-order valence-electron chi connectivity index (χ1n) is 10.1. The van der Waals surface area contributed by atoms with Crippen molar-refractivity contribution in [1.82, 2.24) is 4.98 Å². The van der Waals surface area contributed by atoms with Gasteiger partial charge in [-0.15, -0.1) is 0 Å². The molecule has 152 valence electrons. The number of rotatable bonds is 9. The molecule has 28 heavy (non-hydrogen) atoms. The Bertz CT molecular complexity index is 718.